The van der Waals surface area contributed by atoms with E-state index in [0.717, 1.165) is 0 Å². The van der Waals surface area contributed by atoms with E-state index >= 15 is 0 Å². The largest absolute Gasteiger partial charge is 0.378 e. The van der Waals surface area contributed by atoms with Crippen LogP contribution >= 0.6 is 0 Å². The molecule has 4 nitrogen and oxygen atoms in total. The Bertz CT molecular complexity index is 354. The fourth-order valence-corrected chi connectivity index (χ4v) is 2.19. The number of nitrogens with one attached hydrogen (secondary N) is 1. The average molecular weight is 238 g/mol. The lowest BCUT2D eigenvalue weighted by Crippen LogP contribution is -2.75. The highest BCUT2D eigenvalue weighted by Gasteiger charge is 2.62. The zero-order valence-corrected chi connectivity index (χ0v) is 11.1. The summed E-state index contributed by atoms with van der Waals surface area (Å²) in [5.41, 5.74) is 5.00. The summed E-state index contributed by atoms with van der Waals surface area (Å²) in [7, 11) is 0. The molecule has 1 saturated carbocycles. The van der Waals surface area contributed by atoms with Crippen LogP contribution in [0.2, 0.25) is 0 Å². The van der Waals surface area contributed by atoms with E-state index in [-0.39, 0.29) is 17.4 Å². The summed E-state index contributed by atoms with van der Waals surface area (Å²) in [6, 6.07) is 0. The van der Waals surface area contributed by atoms with Gasteiger partial charge in [-0.3, -0.25) is 4.79 Å². The van der Waals surface area contributed by atoms with E-state index in [1.165, 1.54) is 0 Å². The molecule has 1 fully saturated rings. The van der Waals surface area contributed by atoms with Crippen molar-refractivity contribution in [3.63, 3.8) is 0 Å². The standard InChI is InChI=1S/C13H22N2O2/c1-5-7-8-15-11(16)13(14)9-10(17-6-2)12(13,3)4/h10H,6,8-9,14H2,1-4H3,(H,15,16). The molecule has 4 heteroatoms. The maximum Gasteiger partial charge on any atom is 0.241 e. The van der Waals surface area contributed by atoms with Crippen LogP contribution in [0.15, 0.2) is 0 Å². The topological polar surface area (TPSA) is 64.4 Å². The number of carbonyl (C=O) groups excluding carboxylic acids is 1. The Kier molecular flexibility index (Phi) is 4.18. The fourth-order valence-electron chi connectivity index (χ4n) is 2.19. The molecule has 96 valence electrons. The van der Waals surface area contributed by atoms with Crippen molar-refractivity contribution < 1.29 is 9.53 Å². The minimum Gasteiger partial charge on any atom is -0.378 e. The summed E-state index contributed by atoms with van der Waals surface area (Å²) in [6.45, 7) is 8.63. The van der Waals surface area contributed by atoms with Crippen LogP contribution in [-0.4, -0.2) is 30.7 Å². The van der Waals surface area contributed by atoms with Crippen molar-refractivity contribution in [2.24, 2.45) is 11.1 Å². The van der Waals surface area contributed by atoms with Gasteiger partial charge in [0, 0.05) is 18.4 Å². The predicted octanol–water partition coefficient (Wildman–Crippen LogP) is 0.658. The molecule has 0 spiro atoms. The number of rotatable bonds is 4. The van der Waals surface area contributed by atoms with Crippen LogP contribution in [0.4, 0.5) is 0 Å². The number of ether oxygens (including phenoxy) is 1. The van der Waals surface area contributed by atoms with Crippen LogP contribution in [-0.2, 0) is 9.53 Å². The van der Waals surface area contributed by atoms with Crippen molar-refractivity contribution in [1.29, 1.82) is 0 Å². The third-order valence-corrected chi connectivity index (χ3v) is 3.75. The first kappa shape index (κ1) is 14.0. The molecular formula is C13H22N2O2. The molecule has 0 aromatic heterocycles. The first-order valence-electron chi connectivity index (χ1n) is 5.98. The molecule has 1 aliphatic rings. The van der Waals surface area contributed by atoms with Crippen LogP contribution in [0, 0.1) is 17.3 Å². The van der Waals surface area contributed by atoms with Gasteiger partial charge >= 0.3 is 0 Å². The summed E-state index contributed by atoms with van der Waals surface area (Å²) in [6.07, 6.45) is 0.625. The fraction of sp³-hybridized carbons (Fsp3) is 0.769. The van der Waals surface area contributed by atoms with E-state index in [1.807, 2.05) is 20.8 Å². The van der Waals surface area contributed by atoms with Gasteiger partial charge in [-0.15, -0.1) is 5.92 Å². The highest BCUT2D eigenvalue weighted by atomic mass is 16.5. The number of amides is 1. The molecule has 3 N–H and O–H groups in total. The SMILES string of the molecule is CC#CCNC(=O)C1(N)CC(OCC)C1(C)C. The monoisotopic (exact) mass is 238 g/mol. The third kappa shape index (κ3) is 2.31. The molecule has 1 amide bonds. The minimum atomic E-state index is -0.845. The molecule has 17 heavy (non-hydrogen) atoms. The Labute approximate surface area is 103 Å². The molecule has 1 rings (SSSR count). The summed E-state index contributed by atoms with van der Waals surface area (Å²) in [4.78, 5) is 12.0. The number of carbonyl (C=O) groups is 1. The Hall–Kier alpha value is -1.05. The first-order chi connectivity index (χ1) is 7.90. The molecule has 2 unspecified atom stereocenters. The quantitative estimate of drug-likeness (QED) is 0.707. The summed E-state index contributed by atoms with van der Waals surface area (Å²) < 4.78 is 5.58. The normalized spacial score (nSPS) is 29.8. The Morgan fingerprint density at radius 3 is 2.71 bits per heavy atom. The van der Waals surface area contributed by atoms with Crippen molar-refractivity contribution in [2.75, 3.05) is 13.2 Å². The Morgan fingerprint density at radius 1 is 1.59 bits per heavy atom. The minimum absolute atomic E-state index is 0.0560. The molecule has 1 aliphatic carbocycles. The summed E-state index contributed by atoms with van der Waals surface area (Å²) >= 11 is 0. The smallest absolute Gasteiger partial charge is 0.241 e. The van der Waals surface area contributed by atoms with Crippen LogP contribution < -0.4 is 11.1 Å². The van der Waals surface area contributed by atoms with Crippen LogP contribution in [0.1, 0.15) is 34.1 Å². The van der Waals surface area contributed by atoms with Crippen LogP contribution in [0.3, 0.4) is 0 Å². The van der Waals surface area contributed by atoms with Gasteiger partial charge in [0.2, 0.25) is 5.91 Å². The van der Waals surface area contributed by atoms with Crippen LogP contribution in [0.25, 0.3) is 0 Å². The van der Waals surface area contributed by atoms with E-state index in [0.29, 0.717) is 19.6 Å². The van der Waals surface area contributed by atoms with Crippen molar-refractivity contribution >= 4 is 5.91 Å². The van der Waals surface area contributed by atoms with Gasteiger partial charge in [0.1, 0.15) is 5.54 Å². The molecule has 0 bridgehead atoms. The van der Waals surface area contributed by atoms with Gasteiger partial charge in [-0.1, -0.05) is 19.8 Å². The molecule has 0 aromatic carbocycles. The molecular weight excluding hydrogens is 216 g/mol. The molecule has 2 atom stereocenters. The highest BCUT2D eigenvalue weighted by molar-refractivity contribution is 5.89. The predicted molar refractivity (Wildman–Crippen MR) is 67.2 cm³/mol. The zero-order chi connectivity index (χ0) is 13.1. The number of nitrogens with two attached hydrogens (primary N) is 1. The Morgan fingerprint density at radius 2 is 2.24 bits per heavy atom. The number of hydrogen-bond donors (Lipinski definition) is 2. The van der Waals surface area contributed by atoms with Gasteiger partial charge in [0.05, 0.1) is 12.6 Å². The molecule has 0 aromatic rings. The van der Waals surface area contributed by atoms with Gasteiger partial charge < -0.3 is 15.8 Å². The van der Waals surface area contributed by atoms with Crippen molar-refractivity contribution in [2.45, 2.75) is 45.8 Å². The van der Waals surface area contributed by atoms with Crippen molar-refractivity contribution in [1.82, 2.24) is 5.32 Å². The molecule has 0 heterocycles. The zero-order valence-electron chi connectivity index (χ0n) is 11.1. The van der Waals surface area contributed by atoms with E-state index in [4.69, 9.17) is 10.5 Å². The lowest BCUT2D eigenvalue weighted by molar-refractivity contribution is -0.170. The van der Waals surface area contributed by atoms with Gasteiger partial charge in [0.15, 0.2) is 0 Å². The van der Waals surface area contributed by atoms with E-state index < -0.39 is 5.54 Å². The second kappa shape index (κ2) is 5.07. The van der Waals surface area contributed by atoms with Crippen molar-refractivity contribution in [3.05, 3.63) is 0 Å². The second-order valence-electron chi connectivity index (χ2n) is 4.95. The van der Waals surface area contributed by atoms with E-state index in [9.17, 15) is 4.79 Å². The highest BCUT2D eigenvalue weighted by Crippen LogP contribution is 2.49. The van der Waals surface area contributed by atoms with Crippen LogP contribution in [0.5, 0.6) is 0 Å². The molecule has 0 aliphatic heterocycles. The molecule has 0 saturated heterocycles. The maximum atomic E-state index is 12.0. The van der Waals surface area contributed by atoms with Gasteiger partial charge in [-0.25, -0.2) is 0 Å². The van der Waals surface area contributed by atoms with E-state index in [1.54, 1.807) is 6.92 Å². The van der Waals surface area contributed by atoms with Crippen molar-refractivity contribution in [3.8, 4) is 11.8 Å². The lowest BCUT2D eigenvalue weighted by atomic mass is 9.54. The van der Waals surface area contributed by atoms with Gasteiger partial charge in [-0.2, -0.15) is 0 Å². The van der Waals surface area contributed by atoms with E-state index in [2.05, 4.69) is 17.2 Å². The first-order valence-corrected chi connectivity index (χ1v) is 5.98. The maximum absolute atomic E-state index is 12.0. The molecule has 0 radical (unpaired) electrons. The van der Waals surface area contributed by atoms with Gasteiger partial charge in [-0.05, 0) is 13.8 Å². The average Bonchev–Trinajstić information content (AvgIpc) is 2.28. The number of hydrogen-bond acceptors (Lipinski definition) is 3. The lowest BCUT2D eigenvalue weighted by Gasteiger charge is -2.57. The Balaban J connectivity index is 2.63. The van der Waals surface area contributed by atoms with Gasteiger partial charge in [0.25, 0.3) is 0 Å². The second-order valence-corrected chi connectivity index (χ2v) is 4.95. The summed E-state index contributed by atoms with van der Waals surface area (Å²) in [5, 5.41) is 2.75. The third-order valence-electron chi connectivity index (χ3n) is 3.75. The summed E-state index contributed by atoms with van der Waals surface area (Å²) in [5.74, 6) is 5.39.